The van der Waals surface area contributed by atoms with Crippen LogP contribution in [0.5, 0.6) is 0 Å². The monoisotopic (exact) mass is 258 g/mol. The molecule has 2 aromatic rings. The van der Waals surface area contributed by atoms with E-state index in [1.165, 1.54) is 0 Å². The molecule has 4 nitrogen and oxygen atoms in total. The maximum Gasteiger partial charge on any atom is 0.122 e. The minimum absolute atomic E-state index is 0. The van der Waals surface area contributed by atoms with Crippen LogP contribution >= 0.6 is 24.8 Å². The standard InChI is InChI=1S/C10H10N4.2ClH/c11-10(12)8-2-1-3-9(6-8)14-5-4-13-7-14;;/h1-7H,(H3,11,12);2*1H. The fourth-order valence-corrected chi connectivity index (χ4v) is 1.25. The Balaban J connectivity index is 0.00000112. The molecule has 0 aliphatic heterocycles. The van der Waals surface area contributed by atoms with Gasteiger partial charge in [-0.25, -0.2) is 4.98 Å². The molecule has 0 amide bonds. The summed E-state index contributed by atoms with van der Waals surface area (Å²) in [7, 11) is 0. The van der Waals surface area contributed by atoms with Gasteiger partial charge in [0.15, 0.2) is 0 Å². The zero-order valence-electron chi connectivity index (χ0n) is 8.33. The van der Waals surface area contributed by atoms with Gasteiger partial charge >= 0.3 is 0 Å². The highest BCUT2D eigenvalue weighted by Crippen LogP contribution is 2.09. The summed E-state index contributed by atoms with van der Waals surface area (Å²) in [6.07, 6.45) is 5.26. The van der Waals surface area contributed by atoms with Crippen molar-refractivity contribution < 1.29 is 0 Å². The molecule has 0 unspecified atom stereocenters. The second-order valence-corrected chi connectivity index (χ2v) is 2.93. The number of amidine groups is 1. The van der Waals surface area contributed by atoms with Crippen molar-refractivity contribution in [1.29, 1.82) is 5.41 Å². The van der Waals surface area contributed by atoms with E-state index in [4.69, 9.17) is 11.1 Å². The van der Waals surface area contributed by atoms with Crippen LogP contribution in [0.1, 0.15) is 5.56 Å². The van der Waals surface area contributed by atoms with Crippen molar-refractivity contribution >= 4 is 30.6 Å². The van der Waals surface area contributed by atoms with Gasteiger partial charge in [0.05, 0.1) is 6.33 Å². The number of nitrogen functional groups attached to an aromatic ring is 1. The molecule has 1 heterocycles. The van der Waals surface area contributed by atoms with E-state index in [1.54, 1.807) is 12.5 Å². The number of nitrogens with two attached hydrogens (primary N) is 1. The van der Waals surface area contributed by atoms with Crippen molar-refractivity contribution in [2.24, 2.45) is 5.73 Å². The Labute approximate surface area is 106 Å². The SMILES string of the molecule is Cl.Cl.N=C(N)c1cccc(-n2ccnc2)c1. The van der Waals surface area contributed by atoms with Crippen LogP contribution in [0.15, 0.2) is 43.0 Å². The Morgan fingerprint density at radius 1 is 1.31 bits per heavy atom. The summed E-state index contributed by atoms with van der Waals surface area (Å²) < 4.78 is 1.87. The fraction of sp³-hybridized carbons (Fsp3) is 0. The van der Waals surface area contributed by atoms with E-state index in [-0.39, 0.29) is 30.6 Å². The number of nitrogens with one attached hydrogen (secondary N) is 1. The summed E-state index contributed by atoms with van der Waals surface area (Å²) >= 11 is 0. The summed E-state index contributed by atoms with van der Waals surface area (Å²) in [6.45, 7) is 0. The third kappa shape index (κ3) is 2.98. The molecule has 0 aliphatic carbocycles. The highest BCUT2D eigenvalue weighted by atomic mass is 35.5. The molecule has 1 aromatic carbocycles. The van der Waals surface area contributed by atoms with Gasteiger partial charge in [-0.1, -0.05) is 12.1 Å². The highest BCUT2D eigenvalue weighted by Gasteiger charge is 1.99. The van der Waals surface area contributed by atoms with Gasteiger partial charge in [0.1, 0.15) is 5.84 Å². The third-order valence-electron chi connectivity index (χ3n) is 1.96. The van der Waals surface area contributed by atoms with Crippen LogP contribution in [0.3, 0.4) is 0 Å². The first-order valence-electron chi connectivity index (χ1n) is 4.20. The highest BCUT2D eigenvalue weighted by molar-refractivity contribution is 5.95. The van der Waals surface area contributed by atoms with Gasteiger partial charge in [-0.3, -0.25) is 5.41 Å². The van der Waals surface area contributed by atoms with Crippen molar-refractivity contribution in [2.45, 2.75) is 0 Å². The second kappa shape index (κ2) is 6.15. The lowest BCUT2D eigenvalue weighted by Crippen LogP contribution is -2.11. The summed E-state index contributed by atoms with van der Waals surface area (Å²) in [5.41, 5.74) is 7.07. The normalized spacial score (nSPS) is 8.75. The maximum atomic E-state index is 7.31. The van der Waals surface area contributed by atoms with Gasteiger partial charge in [0, 0.05) is 23.6 Å². The molecular formula is C10H12Cl2N4. The van der Waals surface area contributed by atoms with Gasteiger partial charge in [-0.05, 0) is 12.1 Å². The van der Waals surface area contributed by atoms with Crippen LogP contribution in [0.25, 0.3) is 5.69 Å². The molecule has 0 saturated carbocycles. The minimum Gasteiger partial charge on any atom is -0.384 e. The summed E-state index contributed by atoms with van der Waals surface area (Å²) in [4.78, 5) is 3.95. The predicted octanol–water partition coefficient (Wildman–Crippen LogP) is 2.00. The zero-order chi connectivity index (χ0) is 9.97. The molecule has 86 valence electrons. The number of rotatable bonds is 2. The summed E-state index contributed by atoms with van der Waals surface area (Å²) in [6, 6.07) is 7.47. The van der Waals surface area contributed by atoms with Crippen LogP contribution in [0, 0.1) is 5.41 Å². The van der Waals surface area contributed by atoms with Gasteiger partial charge in [-0.15, -0.1) is 24.8 Å². The summed E-state index contributed by atoms with van der Waals surface area (Å²) in [5.74, 6) is 0.0759. The number of hydrogen-bond donors (Lipinski definition) is 2. The Morgan fingerprint density at radius 3 is 2.62 bits per heavy atom. The molecule has 6 heteroatoms. The average Bonchev–Trinajstić information content (AvgIpc) is 2.71. The molecule has 0 fully saturated rings. The lowest BCUT2D eigenvalue weighted by atomic mass is 10.2. The lowest BCUT2D eigenvalue weighted by Gasteiger charge is -2.03. The first-order chi connectivity index (χ1) is 6.77. The van der Waals surface area contributed by atoms with Crippen LogP contribution in [-0.4, -0.2) is 15.4 Å². The molecule has 0 spiro atoms. The van der Waals surface area contributed by atoms with Crippen LogP contribution in [0.4, 0.5) is 0 Å². The van der Waals surface area contributed by atoms with Crippen LogP contribution in [-0.2, 0) is 0 Å². The number of imidazole rings is 1. The van der Waals surface area contributed by atoms with E-state index in [0.717, 1.165) is 11.3 Å². The van der Waals surface area contributed by atoms with Crippen LogP contribution in [0.2, 0.25) is 0 Å². The van der Waals surface area contributed by atoms with Gasteiger partial charge in [-0.2, -0.15) is 0 Å². The maximum absolute atomic E-state index is 7.31. The van der Waals surface area contributed by atoms with E-state index in [1.807, 2.05) is 35.0 Å². The van der Waals surface area contributed by atoms with Gasteiger partial charge < -0.3 is 10.3 Å². The third-order valence-corrected chi connectivity index (χ3v) is 1.96. The first-order valence-corrected chi connectivity index (χ1v) is 4.20. The van der Waals surface area contributed by atoms with Crippen molar-refractivity contribution in [3.05, 3.63) is 48.5 Å². The Morgan fingerprint density at radius 2 is 2.06 bits per heavy atom. The van der Waals surface area contributed by atoms with Crippen molar-refractivity contribution in [3.8, 4) is 5.69 Å². The Kier molecular flexibility index (Phi) is 5.56. The molecule has 3 N–H and O–H groups in total. The van der Waals surface area contributed by atoms with E-state index in [0.29, 0.717) is 0 Å². The molecule has 0 saturated heterocycles. The number of halogens is 2. The molecule has 0 atom stereocenters. The largest absolute Gasteiger partial charge is 0.384 e. The second-order valence-electron chi connectivity index (χ2n) is 2.93. The lowest BCUT2D eigenvalue weighted by molar-refractivity contribution is 1.06. The van der Waals surface area contributed by atoms with E-state index in [2.05, 4.69) is 4.98 Å². The Bertz CT molecular complexity index is 454. The van der Waals surface area contributed by atoms with Crippen molar-refractivity contribution in [3.63, 3.8) is 0 Å². The molecule has 0 bridgehead atoms. The number of aromatic nitrogens is 2. The molecule has 0 radical (unpaired) electrons. The first kappa shape index (κ1) is 14.5. The van der Waals surface area contributed by atoms with Gasteiger partial charge in [0.25, 0.3) is 0 Å². The zero-order valence-corrected chi connectivity index (χ0v) is 9.96. The molecule has 0 aliphatic rings. The van der Waals surface area contributed by atoms with E-state index < -0.39 is 0 Å². The Hall–Kier alpha value is -1.52. The molecule has 1 aromatic heterocycles. The van der Waals surface area contributed by atoms with E-state index in [9.17, 15) is 0 Å². The average molecular weight is 259 g/mol. The predicted molar refractivity (Wildman–Crippen MR) is 69.1 cm³/mol. The summed E-state index contributed by atoms with van der Waals surface area (Å²) in [5, 5.41) is 7.31. The topological polar surface area (TPSA) is 67.7 Å². The van der Waals surface area contributed by atoms with Crippen molar-refractivity contribution in [1.82, 2.24) is 9.55 Å². The van der Waals surface area contributed by atoms with Gasteiger partial charge in [0.2, 0.25) is 0 Å². The number of nitrogens with zero attached hydrogens (tertiary/aromatic N) is 2. The molecule has 2 rings (SSSR count). The van der Waals surface area contributed by atoms with Crippen molar-refractivity contribution in [2.75, 3.05) is 0 Å². The number of benzene rings is 1. The molecule has 16 heavy (non-hydrogen) atoms. The molecular weight excluding hydrogens is 247 g/mol. The van der Waals surface area contributed by atoms with Crippen LogP contribution < -0.4 is 5.73 Å². The number of hydrogen-bond acceptors (Lipinski definition) is 2. The fourth-order valence-electron chi connectivity index (χ4n) is 1.25. The minimum atomic E-state index is 0. The smallest absolute Gasteiger partial charge is 0.122 e. The van der Waals surface area contributed by atoms with E-state index >= 15 is 0 Å². The quantitative estimate of drug-likeness (QED) is 0.639.